The summed E-state index contributed by atoms with van der Waals surface area (Å²) in [7, 11) is -4.28. The average molecular weight is 422 g/mol. The molecule has 27 heavy (non-hydrogen) atoms. The molecule has 2 aromatic rings. The zero-order chi connectivity index (χ0) is 20.2. The topological polar surface area (TPSA) is 72.5 Å². The summed E-state index contributed by atoms with van der Waals surface area (Å²) in [5, 5.41) is -0.601. The van der Waals surface area contributed by atoms with E-state index in [1.54, 1.807) is 0 Å². The standard InChI is InChI=1S/C17H15ClF3NO4S/c1-2-9-26-16(23)11-3-5-12(6-4-11)22-27(24,25)13-7-8-15(18)14(10-13)17(19,20)21/h3-8,10,22H,2,9H2,1H3. The molecule has 0 unspecified atom stereocenters. The molecule has 1 N–H and O–H groups in total. The van der Waals surface area contributed by atoms with Gasteiger partial charge in [0.2, 0.25) is 0 Å². The Hall–Kier alpha value is -2.26. The van der Waals surface area contributed by atoms with Crippen LogP contribution in [0.15, 0.2) is 47.4 Å². The van der Waals surface area contributed by atoms with E-state index in [1.807, 2.05) is 6.92 Å². The van der Waals surface area contributed by atoms with Gasteiger partial charge in [-0.3, -0.25) is 4.72 Å². The van der Waals surface area contributed by atoms with Crippen LogP contribution in [0.3, 0.4) is 0 Å². The molecular formula is C17H15ClF3NO4S. The van der Waals surface area contributed by atoms with Crippen molar-refractivity contribution in [3.63, 3.8) is 0 Å². The maximum atomic E-state index is 12.9. The highest BCUT2D eigenvalue weighted by Gasteiger charge is 2.34. The number of sulfonamides is 1. The molecule has 2 rings (SSSR count). The van der Waals surface area contributed by atoms with Gasteiger partial charge in [0.25, 0.3) is 10.0 Å². The number of nitrogens with one attached hydrogen (secondary N) is 1. The third-order valence-electron chi connectivity index (χ3n) is 3.36. The molecule has 10 heteroatoms. The predicted molar refractivity (Wildman–Crippen MR) is 94.3 cm³/mol. The number of rotatable bonds is 6. The minimum atomic E-state index is -4.79. The van der Waals surface area contributed by atoms with Crippen LogP contribution in [-0.4, -0.2) is 21.0 Å². The van der Waals surface area contributed by atoms with E-state index in [0.717, 1.165) is 12.1 Å². The van der Waals surface area contributed by atoms with Gasteiger partial charge in [-0.25, -0.2) is 13.2 Å². The van der Waals surface area contributed by atoms with Crippen LogP contribution in [0.2, 0.25) is 5.02 Å². The van der Waals surface area contributed by atoms with Gasteiger partial charge >= 0.3 is 12.1 Å². The monoisotopic (exact) mass is 421 g/mol. The number of carbonyl (C=O) groups is 1. The molecule has 0 aliphatic carbocycles. The first kappa shape index (κ1) is 21.0. The summed E-state index contributed by atoms with van der Waals surface area (Å²) in [4.78, 5) is 11.1. The molecule has 0 spiro atoms. The molecule has 0 radical (unpaired) electrons. The second-order valence-corrected chi connectivity index (χ2v) is 7.55. The highest BCUT2D eigenvalue weighted by molar-refractivity contribution is 7.92. The zero-order valence-electron chi connectivity index (χ0n) is 14.0. The smallest absolute Gasteiger partial charge is 0.417 e. The van der Waals surface area contributed by atoms with E-state index in [2.05, 4.69) is 4.72 Å². The number of alkyl halides is 3. The van der Waals surface area contributed by atoms with E-state index >= 15 is 0 Å². The van der Waals surface area contributed by atoms with E-state index in [9.17, 15) is 26.4 Å². The molecule has 0 atom stereocenters. The molecule has 0 heterocycles. The van der Waals surface area contributed by atoms with Crippen molar-refractivity contribution in [2.75, 3.05) is 11.3 Å². The third-order valence-corrected chi connectivity index (χ3v) is 5.07. The normalized spacial score (nSPS) is 11.9. The van der Waals surface area contributed by atoms with Gasteiger partial charge < -0.3 is 4.74 Å². The summed E-state index contributed by atoms with van der Waals surface area (Å²) >= 11 is 5.50. The van der Waals surface area contributed by atoms with Gasteiger partial charge in [0.1, 0.15) is 0 Å². The van der Waals surface area contributed by atoms with Crippen molar-refractivity contribution in [3.8, 4) is 0 Å². The van der Waals surface area contributed by atoms with Crippen LogP contribution >= 0.6 is 11.6 Å². The van der Waals surface area contributed by atoms with Crippen molar-refractivity contribution < 1.29 is 31.1 Å². The Morgan fingerprint density at radius 2 is 1.78 bits per heavy atom. The minimum Gasteiger partial charge on any atom is -0.462 e. The van der Waals surface area contributed by atoms with Crippen LogP contribution in [0.25, 0.3) is 0 Å². The minimum absolute atomic E-state index is 0.0746. The van der Waals surface area contributed by atoms with Crippen molar-refractivity contribution in [1.29, 1.82) is 0 Å². The maximum Gasteiger partial charge on any atom is 0.417 e. The fourth-order valence-corrected chi connectivity index (χ4v) is 3.36. The highest BCUT2D eigenvalue weighted by atomic mass is 35.5. The molecule has 0 bridgehead atoms. The molecule has 0 saturated heterocycles. The molecule has 5 nitrogen and oxygen atoms in total. The van der Waals surface area contributed by atoms with Crippen molar-refractivity contribution in [3.05, 3.63) is 58.6 Å². The first-order valence-electron chi connectivity index (χ1n) is 7.71. The molecule has 0 aliphatic rings. The number of benzene rings is 2. The van der Waals surface area contributed by atoms with E-state index in [0.29, 0.717) is 12.5 Å². The summed E-state index contributed by atoms with van der Waals surface area (Å²) in [5.41, 5.74) is -0.955. The number of halogens is 4. The summed E-state index contributed by atoms with van der Waals surface area (Å²) in [6.07, 6.45) is -4.13. The van der Waals surface area contributed by atoms with Crippen molar-refractivity contribution in [1.82, 2.24) is 0 Å². The Bertz CT molecular complexity index is 928. The van der Waals surface area contributed by atoms with E-state index in [4.69, 9.17) is 16.3 Å². The third kappa shape index (κ3) is 5.36. The molecular weight excluding hydrogens is 407 g/mol. The largest absolute Gasteiger partial charge is 0.462 e. The molecule has 0 aliphatic heterocycles. The summed E-state index contributed by atoms with van der Waals surface area (Å²) in [6, 6.07) is 7.60. The summed E-state index contributed by atoms with van der Waals surface area (Å²) < 4.78 is 70.5. The average Bonchev–Trinajstić information content (AvgIpc) is 2.59. The Kier molecular flexibility index (Phi) is 6.38. The second-order valence-electron chi connectivity index (χ2n) is 5.46. The van der Waals surface area contributed by atoms with Gasteiger partial charge in [-0.05, 0) is 48.9 Å². The van der Waals surface area contributed by atoms with E-state index in [-0.39, 0.29) is 17.9 Å². The number of anilines is 1. The summed E-state index contributed by atoms with van der Waals surface area (Å²) in [6.45, 7) is 2.09. The van der Waals surface area contributed by atoms with Gasteiger partial charge in [-0.1, -0.05) is 18.5 Å². The van der Waals surface area contributed by atoms with Gasteiger partial charge in [0.15, 0.2) is 0 Å². The highest BCUT2D eigenvalue weighted by Crippen LogP contribution is 2.36. The Balaban J connectivity index is 2.23. The number of ether oxygens (including phenoxy) is 1. The van der Waals surface area contributed by atoms with Crippen molar-refractivity contribution in [2.24, 2.45) is 0 Å². The van der Waals surface area contributed by atoms with Crippen molar-refractivity contribution >= 4 is 33.3 Å². The van der Waals surface area contributed by atoms with Crippen LogP contribution in [0.1, 0.15) is 29.3 Å². The lowest BCUT2D eigenvalue weighted by molar-refractivity contribution is -0.137. The first-order chi connectivity index (χ1) is 12.5. The van der Waals surface area contributed by atoms with Crippen LogP contribution in [-0.2, 0) is 20.9 Å². The van der Waals surface area contributed by atoms with Crippen LogP contribution in [0.4, 0.5) is 18.9 Å². The van der Waals surface area contributed by atoms with E-state index < -0.39 is 37.7 Å². The fraction of sp³-hybridized carbons (Fsp3) is 0.235. The van der Waals surface area contributed by atoms with E-state index in [1.165, 1.54) is 24.3 Å². The fourth-order valence-electron chi connectivity index (χ4n) is 2.06. The zero-order valence-corrected chi connectivity index (χ0v) is 15.6. The Morgan fingerprint density at radius 3 is 2.33 bits per heavy atom. The van der Waals surface area contributed by atoms with Crippen LogP contribution < -0.4 is 4.72 Å². The lowest BCUT2D eigenvalue weighted by atomic mass is 10.2. The molecule has 146 valence electrons. The molecule has 0 saturated carbocycles. The van der Waals surface area contributed by atoms with Gasteiger partial charge in [-0.2, -0.15) is 13.2 Å². The molecule has 2 aromatic carbocycles. The molecule has 0 amide bonds. The number of carbonyl (C=O) groups excluding carboxylic acids is 1. The maximum absolute atomic E-state index is 12.9. The van der Waals surface area contributed by atoms with Gasteiger partial charge in [-0.15, -0.1) is 0 Å². The number of hydrogen-bond acceptors (Lipinski definition) is 4. The van der Waals surface area contributed by atoms with Crippen molar-refractivity contribution in [2.45, 2.75) is 24.4 Å². The lowest BCUT2D eigenvalue weighted by Crippen LogP contribution is -2.15. The first-order valence-corrected chi connectivity index (χ1v) is 9.57. The quantitative estimate of drug-likeness (QED) is 0.684. The predicted octanol–water partition coefficient (Wildman–Crippen LogP) is 4.73. The SMILES string of the molecule is CCCOC(=O)c1ccc(NS(=O)(=O)c2ccc(Cl)c(C(F)(F)F)c2)cc1. The number of esters is 1. The number of hydrogen-bond donors (Lipinski definition) is 1. The Labute approximate surface area is 159 Å². The van der Waals surface area contributed by atoms with Gasteiger partial charge in [0.05, 0.1) is 27.7 Å². The van der Waals surface area contributed by atoms with Crippen LogP contribution in [0, 0.1) is 0 Å². The van der Waals surface area contributed by atoms with Crippen LogP contribution in [0.5, 0.6) is 0 Å². The Morgan fingerprint density at radius 1 is 1.15 bits per heavy atom. The molecule has 0 aromatic heterocycles. The molecule has 0 fully saturated rings. The summed E-state index contributed by atoms with van der Waals surface area (Å²) in [5.74, 6) is -0.557. The second kappa shape index (κ2) is 8.18. The lowest BCUT2D eigenvalue weighted by Gasteiger charge is -2.13. The van der Waals surface area contributed by atoms with Gasteiger partial charge in [0, 0.05) is 5.69 Å².